The Labute approximate surface area is 199 Å². The van der Waals surface area contributed by atoms with E-state index in [1.807, 2.05) is 13.0 Å². The van der Waals surface area contributed by atoms with Crippen LogP contribution in [-0.4, -0.2) is 44.3 Å². The van der Waals surface area contributed by atoms with E-state index in [0.29, 0.717) is 12.8 Å². The molecule has 0 saturated heterocycles. The van der Waals surface area contributed by atoms with E-state index in [1.165, 1.54) is 38.5 Å². The zero-order valence-electron chi connectivity index (χ0n) is 19.6. The van der Waals surface area contributed by atoms with Crippen LogP contribution < -0.4 is 0 Å². The average molecular weight is 475 g/mol. The third-order valence-corrected chi connectivity index (χ3v) is 5.01. The van der Waals surface area contributed by atoms with Crippen molar-refractivity contribution in [2.24, 2.45) is 11.8 Å². The maximum Gasteiger partial charge on any atom is 0.307 e. The van der Waals surface area contributed by atoms with Crippen LogP contribution in [0.5, 0.6) is 0 Å². The van der Waals surface area contributed by atoms with Crippen molar-refractivity contribution in [2.75, 3.05) is 0 Å². The predicted octanol–water partition coefficient (Wildman–Crippen LogP) is 6.24. The van der Waals surface area contributed by atoms with E-state index >= 15 is 0 Å². The second-order valence-electron chi connectivity index (χ2n) is 8.03. The fourth-order valence-corrected chi connectivity index (χ4v) is 3.05. The molecule has 0 aliphatic rings. The highest BCUT2D eigenvalue weighted by molar-refractivity contribution is 5.78. The molecule has 0 aliphatic heterocycles. The number of unbranched alkanes of at least 4 members (excludes halogenated alkanes) is 8. The molecule has 0 rings (SSSR count). The first-order chi connectivity index (χ1) is 15.1. The highest BCUT2D eigenvalue weighted by Gasteiger charge is 2.20. The summed E-state index contributed by atoms with van der Waals surface area (Å²) in [7, 11) is 0. The molecule has 8 heteroatoms. The Balaban J connectivity index is -0.000000596. The highest BCUT2D eigenvalue weighted by atomic mass is 16.4. The van der Waals surface area contributed by atoms with Crippen LogP contribution >= 0.6 is 0 Å². The lowest BCUT2D eigenvalue weighted by atomic mass is 9.99. The van der Waals surface area contributed by atoms with Gasteiger partial charge in [0, 0.05) is 0 Å². The summed E-state index contributed by atoms with van der Waals surface area (Å²) in [5.41, 5.74) is 0. The van der Waals surface area contributed by atoms with Crippen LogP contribution in [0.2, 0.25) is 0 Å². The number of hydrogen-bond acceptors (Lipinski definition) is 4. The maximum atomic E-state index is 10.8. The maximum absolute atomic E-state index is 10.8. The fourth-order valence-electron chi connectivity index (χ4n) is 3.05. The average Bonchev–Trinajstić information content (AvgIpc) is 2.71. The van der Waals surface area contributed by atoms with Gasteiger partial charge in [0.2, 0.25) is 0 Å². The van der Waals surface area contributed by atoms with Crippen molar-refractivity contribution in [3.8, 4) is 0 Å². The lowest BCUT2D eigenvalue weighted by molar-refractivity contribution is -0.148. The van der Waals surface area contributed by atoms with E-state index in [9.17, 15) is 19.2 Å². The lowest BCUT2D eigenvalue weighted by Gasteiger charge is -2.07. The van der Waals surface area contributed by atoms with Gasteiger partial charge in [-0.25, -0.2) is 0 Å². The van der Waals surface area contributed by atoms with E-state index in [4.69, 9.17) is 20.4 Å². The van der Waals surface area contributed by atoms with E-state index in [-0.39, 0.29) is 20.3 Å². The lowest BCUT2D eigenvalue weighted by Crippen LogP contribution is -2.17. The summed E-state index contributed by atoms with van der Waals surface area (Å²) in [6, 6.07) is 0. The molecule has 2 unspecified atom stereocenters. The second kappa shape index (κ2) is 24.3. The molecule has 0 aromatic heterocycles. The Morgan fingerprint density at radius 1 is 0.636 bits per heavy atom. The summed E-state index contributed by atoms with van der Waals surface area (Å²) in [5, 5.41) is 34.4. The van der Waals surface area contributed by atoms with Gasteiger partial charge in [-0.05, 0) is 25.7 Å². The first-order valence-corrected chi connectivity index (χ1v) is 11.7. The Bertz CT molecular complexity index is 557. The first-order valence-electron chi connectivity index (χ1n) is 11.7. The third-order valence-electron chi connectivity index (χ3n) is 5.01. The van der Waals surface area contributed by atoms with Crippen molar-refractivity contribution in [1.29, 1.82) is 0 Å². The summed E-state index contributed by atoms with van der Waals surface area (Å²) in [6.45, 7) is 4.15. The molecule has 8 nitrogen and oxygen atoms in total. The molecule has 0 fully saturated rings. The number of carboxylic acids is 4. The molecular weight excluding hydrogens is 428 g/mol. The Hall–Kier alpha value is -2.38. The zero-order chi connectivity index (χ0) is 24.8. The van der Waals surface area contributed by atoms with Crippen LogP contribution in [0, 0.1) is 11.8 Å². The molecular formula is C25H46O8. The molecule has 0 aromatic rings. The van der Waals surface area contributed by atoms with Gasteiger partial charge >= 0.3 is 23.9 Å². The third kappa shape index (κ3) is 25.8. The van der Waals surface area contributed by atoms with Gasteiger partial charge in [0.25, 0.3) is 0 Å². The number of carboxylic acid groups (broad SMARTS) is 4. The van der Waals surface area contributed by atoms with Crippen molar-refractivity contribution in [3.05, 3.63) is 12.2 Å². The molecule has 0 aromatic carbocycles. The number of allylic oxidation sites excluding steroid dienone is 2. The van der Waals surface area contributed by atoms with Gasteiger partial charge in [-0.2, -0.15) is 0 Å². The van der Waals surface area contributed by atoms with E-state index in [1.54, 1.807) is 6.08 Å². The Morgan fingerprint density at radius 2 is 1.09 bits per heavy atom. The standard InChI is InChI=1S/C16H28O4.C8H14O4.CH4/c1-2-3-4-5-6-7-8-9-10-11-12-14(16(19)20)13-15(17)18;1-2-3-4-6(8(11)12)5-7(9)10;/h10-11,14H,2-9,12-13H2,1H3,(H,17,18)(H,19,20);6H,2-5H2,1H3,(H,9,10)(H,11,12);1H4/b11-10-;;. The molecule has 0 radical (unpaired) electrons. The molecule has 33 heavy (non-hydrogen) atoms. The number of aliphatic carboxylic acids is 4. The summed E-state index contributed by atoms with van der Waals surface area (Å²) in [4.78, 5) is 42.0. The molecule has 0 saturated carbocycles. The van der Waals surface area contributed by atoms with Crippen molar-refractivity contribution in [1.82, 2.24) is 0 Å². The van der Waals surface area contributed by atoms with Gasteiger partial charge in [0.15, 0.2) is 0 Å². The van der Waals surface area contributed by atoms with Gasteiger partial charge in [0.1, 0.15) is 0 Å². The molecule has 0 bridgehead atoms. The summed E-state index contributed by atoms with van der Waals surface area (Å²) in [5.74, 6) is -5.67. The van der Waals surface area contributed by atoms with Gasteiger partial charge in [-0.1, -0.05) is 84.8 Å². The second-order valence-corrected chi connectivity index (χ2v) is 8.03. The molecule has 0 heterocycles. The molecule has 4 N–H and O–H groups in total. The molecule has 0 spiro atoms. The highest BCUT2D eigenvalue weighted by Crippen LogP contribution is 2.13. The normalized spacial score (nSPS) is 12.2. The predicted molar refractivity (Wildman–Crippen MR) is 129 cm³/mol. The van der Waals surface area contributed by atoms with Gasteiger partial charge < -0.3 is 20.4 Å². The van der Waals surface area contributed by atoms with E-state index in [0.717, 1.165) is 25.7 Å². The van der Waals surface area contributed by atoms with Crippen molar-refractivity contribution in [2.45, 2.75) is 111 Å². The van der Waals surface area contributed by atoms with Crippen molar-refractivity contribution in [3.63, 3.8) is 0 Å². The molecule has 194 valence electrons. The molecule has 2 atom stereocenters. The quantitative estimate of drug-likeness (QED) is 0.127. The Kier molecular flexibility index (Phi) is 25.9. The number of hydrogen-bond donors (Lipinski definition) is 4. The summed E-state index contributed by atoms with van der Waals surface area (Å²) < 4.78 is 0. The van der Waals surface area contributed by atoms with Crippen molar-refractivity contribution < 1.29 is 39.6 Å². The van der Waals surface area contributed by atoms with E-state index < -0.39 is 35.7 Å². The summed E-state index contributed by atoms with van der Waals surface area (Å²) in [6.07, 6.45) is 15.4. The monoisotopic (exact) mass is 474 g/mol. The minimum absolute atomic E-state index is 0. The number of carbonyl (C=O) groups is 4. The van der Waals surface area contributed by atoms with Crippen LogP contribution in [0.15, 0.2) is 12.2 Å². The van der Waals surface area contributed by atoms with Gasteiger partial charge in [0.05, 0.1) is 24.7 Å². The Morgan fingerprint density at radius 3 is 1.55 bits per heavy atom. The van der Waals surface area contributed by atoms with Crippen LogP contribution in [0.3, 0.4) is 0 Å². The van der Waals surface area contributed by atoms with Gasteiger partial charge in [-0.15, -0.1) is 0 Å². The van der Waals surface area contributed by atoms with Crippen LogP contribution in [0.4, 0.5) is 0 Å². The zero-order valence-corrected chi connectivity index (χ0v) is 19.6. The minimum Gasteiger partial charge on any atom is -0.481 e. The smallest absolute Gasteiger partial charge is 0.307 e. The minimum atomic E-state index is -1.06. The van der Waals surface area contributed by atoms with E-state index in [2.05, 4.69) is 6.92 Å². The van der Waals surface area contributed by atoms with Crippen LogP contribution in [0.25, 0.3) is 0 Å². The van der Waals surface area contributed by atoms with Gasteiger partial charge in [-0.3, -0.25) is 19.2 Å². The largest absolute Gasteiger partial charge is 0.481 e. The first kappa shape index (κ1) is 35.2. The SMILES string of the molecule is C.CCCCC(CC(=O)O)C(=O)O.CCCCCCCCC/C=C\CC(CC(=O)O)C(=O)O. The summed E-state index contributed by atoms with van der Waals surface area (Å²) >= 11 is 0. The molecule has 0 aliphatic carbocycles. The van der Waals surface area contributed by atoms with Crippen LogP contribution in [0.1, 0.15) is 111 Å². The van der Waals surface area contributed by atoms with Crippen molar-refractivity contribution >= 4 is 23.9 Å². The topological polar surface area (TPSA) is 149 Å². The molecule has 0 amide bonds. The number of rotatable bonds is 19. The fraction of sp³-hybridized carbons (Fsp3) is 0.760. The van der Waals surface area contributed by atoms with Crippen LogP contribution in [-0.2, 0) is 19.2 Å².